The summed E-state index contributed by atoms with van der Waals surface area (Å²) in [7, 11) is 1.65. The molecule has 1 atom stereocenters. The quantitative estimate of drug-likeness (QED) is 0.879. The molecule has 0 aliphatic heterocycles. The van der Waals surface area contributed by atoms with Gasteiger partial charge in [-0.15, -0.1) is 0 Å². The monoisotopic (exact) mass is 258 g/mol. The third-order valence-corrected chi connectivity index (χ3v) is 2.99. The smallest absolute Gasteiger partial charge is 0.236 e. The van der Waals surface area contributed by atoms with Crippen molar-refractivity contribution in [3.05, 3.63) is 42.0 Å². The molecule has 0 fully saturated rings. The first-order valence-corrected chi connectivity index (χ1v) is 6.20. The molecule has 2 aromatic carbocycles. The Morgan fingerprint density at radius 1 is 1.26 bits per heavy atom. The molecule has 4 nitrogen and oxygen atoms in total. The number of benzene rings is 2. The van der Waals surface area contributed by atoms with Crippen LogP contribution in [0.5, 0.6) is 5.75 Å². The van der Waals surface area contributed by atoms with Gasteiger partial charge in [-0.25, -0.2) is 0 Å². The Balaban J connectivity index is 2.15. The second-order valence-electron chi connectivity index (χ2n) is 4.55. The SMILES string of the molecule is COc1ccc2cc(CNC(=O)C(C)N)ccc2c1. The van der Waals surface area contributed by atoms with Crippen molar-refractivity contribution in [2.24, 2.45) is 5.73 Å². The third-order valence-electron chi connectivity index (χ3n) is 2.99. The fourth-order valence-electron chi connectivity index (χ4n) is 1.86. The summed E-state index contributed by atoms with van der Waals surface area (Å²) < 4.78 is 5.19. The molecule has 0 spiro atoms. The molecule has 0 aromatic heterocycles. The molecule has 0 aliphatic carbocycles. The molecule has 100 valence electrons. The Bertz CT molecular complexity index is 594. The van der Waals surface area contributed by atoms with E-state index in [9.17, 15) is 4.79 Å². The summed E-state index contributed by atoms with van der Waals surface area (Å²) in [6.45, 7) is 2.16. The van der Waals surface area contributed by atoms with Crippen molar-refractivity contribution < 1.29 is 9.53 Å². The molecular formula is C15H18N2O2. The van der Waals surface area contributed by atoms with Crippen LogP contribution in [0.15, 0.2) is 36.4 Å². The van der Waals surface area contributed by atoms with Crippen molar-refractivity contribution >= 4 is 16.7 Å². The molecule has 1 unspecified atom stereocenters. The number of nitrogens with one attached hydrogen (secondary N) is 1. The first-order chi connectivity index (χ1) is 9.10. The third kappa shape index (κ3) is 3.23. The van der Waals surface area contributed by atoms with Crippen LogP contribution in [0.4, 0.5) is 0 Å². The van der Waals surface area contributed by atoms with E-state index in [1.165, 1.54) is 0 Å². The lowest BCUT2D eigenvalue weighted by Gasteiger charge is -2.09. The highest BCUT2D eigenvalue weighted by Crippen LogP contribution is 2.21. The van der Waals surface area contributed by atoms with Gasteiger partial charge in [0.05, 0.1) is 13.2 Å². The molecule has 1 amide bonds. The summed E-state index contributed by atoms with van der Waals surface area (Å²) >= 11 is 0. The minimum absolute atomic E-state index is 0.144. The first kappa shape index (κ1) is 13.4. The summed E-state index contributed by atoms with van der Waals surface area (Å²) in [4.78, 5) is 11.4. The molecule has 0 saturated carbocycles. The van der Waals surface area contributed by atoms with Gasteiger partial charge in [-0.2, -0.15) is 0 Å². The van der Waals surface area contributed by atoms with Gasteiger partial charge in [0.1, 0.15) is 5.75 Å². The predicted molar refractivity (Wildman–Crippen MR) is 76.0 cm³/mol. The number of ether oxygens (including phenoxy) is 1. The van der Waals surface area contributed by atoms with E-state index in [1.54, 1.807) is 14.0 Å². The summed E-state index contributed by atoms with van der Waals surface area (Å²) in [5.41, 5.74) is 6.54. The zero-order valence-corrected chi connectivity index (χ0v) is 11.1. The van der Waals surface area contributed by atoms with Crippen molar-refractivity contribution in [3.63, 3.8) is 0 Å². The van der Waals surface area contributed by atoms with Gasteiger partial charge in [-0.05, 0) is 41.5 Å². The normalized spacial score (nSPS) is 12.2. The molecule has 0 heterocycles. The minimum atomic E-state index is -0.482. The van der Waals surface area contributed by atoms with Crippen LogP contribution in [0.3, 0.4) is 0 Å². The number of amides is 1. The van der Waals surface area contributed by atoms with Crippen molar-refractivity contribution in [2.75, 3.05) is 7.11 Å². The van der Waals surface area contributed by atoms with E-state index in [1.807, 2.05) is 30.3 Å². The molecule has 0 radical (unpaired) electrons. The number of fused-ring (bicyclic) bond motifs is 1. The van der Waals surface area contributed by atoms with Gasteiger partial charge < -0.3 is 15.8 Å². The average Bonchev–Trinajstić information content (AvgIpc) is 2.43. The van der Waals surface area contributed by atoms with Crippen LogP contribution in [-0.2, 0) is 11.3 Å². The van der Waals surface area contributed by atoms with Crippen LogP contribution < -0.4 is 15.8 Å². The van der Waals surface area contributed by atoms with Gasteiger partial charge in [0.2, 0.25) is 5.91 Å². The summed E-state index contributed by atoms with van der Waals surface area (Å²) in [5.74, 6) is 0.695. The van der Waals surface area contributed by atoms with Crippen LogP contribution in [-0.4, -0.2) is 19.1 Å². The largest absolute Gasteiger partial charge is 0.497 e. The number of hydrogen-bond acceptors (Lipinski definition) is 3. The highest BCUT2D eigenvalue weighted by molar-refractivity contribution is 5.85. The van der Waals surface area contributed by atoms with E-state index in [0.29, 0.717) is 6.54 Å². The molecule has 2 aromatic rings. The van der Waals surface area contributed by atoms with Crippen LogP contribution in [0.25, 0.3) is 10.8 Å². The van der Waals surface area contributed by atoms with Crippen LogP contribution >= 0.6 is 0 Å². The van der Waals surface area contributed by atoms with E-state index in [4.69, 9.17) is 10.5 Å². The fraction of sp³-hybridized carbons (Fsp3) is 0.267. The van der Waals surface area contributed by atoms with E-state index < -0.39 is 6.04 Å². The zero-order chi connectivity index (χ0) is 13.8. The highest BCUT2D eigenvalue weighted by atomic mass is 16.5. The Hall–Kier alpha value is -2.07. The average molecular weight is 258 g/mol. The summed E-state index contributed by atoms with van der Waals surface area (Å²) in [6.07, 6.45) is 0. The van der Waals surface area contributed by atoms with Gasteiger partial charge in [0, 0.05) is 6.54 Å². The molecule has 0 aliphatic rings. The van der Waals surface area contributed by atoms with Crippen molar-refractivity contribution in [1.82, 2.24) is 5.32 Å². The number of carbonyl (C=O) groups excluding carboxylic acids is 1. The maximum Gasteiger partial charge on any atom is 0.236 e. The maximum absolute atomic E-state index is 11.4. The van der Waals surface area contributed by atoms with Gasteiger partial charge >= 0.3 is 0 Å². The van der Waals surface area contributed by atoms with Gasteiger partial charge in [-0.3, -0.25) is 4.79 Å². The standard InChI is InChI=1S/C15H18N2O2/c1-10(16)15(18)17-9-11-3-4-13-8-14(19-2)6-5-12(13)7-11/h3-8,10H,9,16H2,1-2H3,(H,17,18). The van der Waals surface area contributed by atoms with E-state index in [-0.39, 0.29) is 5.91 Å². The van der Waals surface area contributed by atoms with Crippen molar-refractivity contribution in [1.29, 1.82) is 0 Å². The second kappa shape index (κ2) is 5.71. The topological polar surface area (TPSA) is 64.3 Å². The molecular weight excluding hydrogens is 240 g/mol. The van der Waals surface area contributed by atoms with Gasteiger partial charge in [-0.1, -0.05) is 18.2 Å². The van der Waals surface area contributed by atoms with Gasteiger partial charge in [0.15, 0.2) is 0 Å². The molecule has 4 heteroatoms. The zero-order valence-electron chi connectivity index (χ0n) is 11.1. The number of hydrogen-bond donors (Lipinski definition) is 2. The van der Waals surface area contributed by atoms with E-state index in [2.05, 4.69) is 11.4 Å². The Kier molecular flexibility index (Phi) is 4.02. The molecule has 19 heavy (non-hydrogen) atoms. The molecule has 0 bridgehead atoms. The van der Waals surface area contributed by atoms with Crippen molar-refractivity contribution in [3.8, 4) is 5.75 Å². The van der Waals surface area contributed by atoms with E-state index >= 15 is 0 Å². The lowest BCUT2D eigenvalue weighted by Crippen LogP contribution is -2.37. The first-order valence-electron chi connectivity index (χ1n) is 6.20. The number of methoxy groups -OCH3 is 1. The lowest BCUT2D eigenvalue weighted by molar-refractivity contribution is -0.122. The van der Waals surface area contributed by atoms with Gasteiger partial charge in [0.25, 0.3) is 0 Å². The second-order valence-corrected chi connectivity index (χ2v) is 4.55. The van der Waals surface area contributed by atoms with Crippen LogP contribution in [0.1, 0.15) is 12.5 Å². The summed E-state index contributed by atoms with van der Waals surface area (Å²) in [6, 6.07) is 11.5. The minimum Gasteiger partial charge on any atom is -0.497 e. The van der Waals surface area contributed by atoms with E-state index in [0.717, 1.165) is 22.1 Å². The molecule has 2 rings (SSSR count). The van der Waals surface area contributed by atoms with Crippen molar-refractivity contribution in [2.45, 2.75) is 19.5 Å². The molecule has 0 saturated heterocycles. The Labute approximate surface area is 112 Å². The predicted octanol–water partition coefficient (Wildman–Crippen LogP) is 1.81. The number of rotatable bonds is 4. The Morgan fingerprint density at radius 2 is 1.95 bits per heavy atom. The lowest BCUT2D eigenvalue weighted by atomic mass is 10.1. The number of nitrogens with two attached hydrogens (primary N) is 1. The number of carbonyl (C=O) groups is 1. The van der Waals surface area contributed by atoms with Crippen LogP contribution in [0, 0.1) is 0 Å². The maximum atomic E-state index is 11.4. The highest BCUT2D eigenvalue weighted by Gasteiger charge is 2.06. The fourth-order valence-corrected chi connectivity index (χ4v) is 1.86. The Morgan fingerprint density at radius 3 is 2.63 bits per heavy atom. The molecule has 3 N–H and O–H groups in total. The van der Waals surface area contributed by atoms with Crippen LogP contribution in [0.2, 0.25) is 0 Å². The summed E-state index contributed by atoms with van der Waals surface area (Å²) in [5, 5.41) is 5.03.